The summed E-state index contributed by atoms with van der Waals surface area (Å²) < 4.78 is 0.506. The number of halogens is 1. The highest BCUT2D eigenvalue weighted by molar-refractivity contribution is 9.11. The number of carboxylic acids is 1. The predicted octanol–water partition coefficient (Wildman–Crippen LogP) is 2.72. The number of nitrogens with zero attached hydrogens (tertiary/aromatic N) is 1. The van der Waals surface area contributed by atoms with Gasteiger partial charge in [-0.05, 0) is 16.6 Å². The summed E-state index contributed by atoms with van der Waals surface area (Å²) in [6.45, 7) is 3.60. The number of hydrogen-bond acceptors (Lipinski definition) is 3. The van der Waals surface area contributed by atoms with Gasteiger partial charge < -0.3 is 10.4 Å². The number of nitrogens with one attached hydrogen (secondary N) is 1. The number of pyridine rings is 1. The van der Waals surface area contributed by atoms with Crippen LogP contribution in [0.3, 0.4) is 0 Å². The van der Waals surface area contributed by atoms with Gasteiger partial charge >= 0.3 is 5.97 Å². The predicted molar refractivity (Wildman–Crippen MR) is 83.3 cm³/mol. The fourth-order valence-corrected chi connectivity index (χ4v) is 2.27. The molecule has 21 heavy (non-hydrogen) atoms. The van der Waals surface area contributed by atoms with E-state index < -0.39 is 17.9 Å². The lowest BCUT2D eigenvalue weighted by Crippen LogP contribution is -2.40. The van der Waals surface area contributed by atoms with Crippen molar-refractivity contribution in [2.24, 2.45) is 0 Å². The van der Waals surface area contributed by atoms with Crippen LogP contribution < -0.4 is 5.32 Å². The second-order valence-corrected chi connectivity index (χ2v) is 5.59. The van der Waals surface area contributed by atoms with Crippen molar-refractivity contribution >= 4 is 38.7 Å². The fraction of sp³-hybridized carbons (Fsp3) is 0.133. The van der Waals surface area contributed by atoms with E-state index in [2.05, 4.69) is 32.8 Å². The molecule has 0 spiro atoms. The van der Waals surface area contributed by atoms with E-state index in [1.165, 1.54) is 0 Å². The molecule has 1 aromatic carbocycles. The number of amides is 1. The van der Waals surface area contributed by atoms with Crippen molar-refractivity contribution in [2.75, 3.05) is 0 Å². The topological polar surface area (TPSA) is 79.3 Å². The van der Waals surface area contributed by atoms with Crippen LogP contribution >= 0.6 is 15.9 Å². The molecule has 2 rings (SSSR count). The molecule has 0 saturated carbocycles. The van der Waals surface area contributed by atoms with Crippen LogP contribution in [0, 0.1) is 0 Å². The first kappa shape index (κ1) is 15.2. The maximum Gasteiger partial charge on any atom is 0.326 e. The van der Waals surface area contributed by atoms with Gasteiger partial charge in [-0.1, -0.05) is 40.7 Å². The molecule has 2 N–H and O–H groups in total. The molecule has 0 unspecified atom stereocenters. The van der Waals surface area contributed by atoms with E-state index in [1.807, 2.05) is 12.1 Å². The minimum atomic E-state index is -1.11. The molecule has 0 aliphatic rings. The van der Waals surface area contributed by atoms with Gasteiger partial charge in [-0.25, -0.2) is 4.79 Å². The van der Waals surface area contributed by atoms with Crippen molar-refractivity contribution in [3.63, 3.8) is 0 Å². The minimum Gasteiger partial charge on any atom is -0.480 e. The summed E-state index contributed by atoms with van der Waals surface area (Å²) in [5.74, 6) is -1.59. The summed E-state index contributed by atoms with van der Waals surface area (Å²) in [6.07, 6.45) is 1.70. The van der Waals surface area contributed by atoms with E-state index in [9.17, 15) is 9.59 Å². The quantitative estimate of drug-likeness (QED) is 0.870. The fourth-order valence-electron chi connectivity index (χ4n) is 1.95. The zero-order valence-electron chi connectivity index (χ0n) is 11.0. The summed E-state index contributed by atoms with van der Waals surface area (Å²) in [5, 5.41) is 12.4. The average molecular weight is 349 g/mol. The van der Waals surface area contributed by atoms with Gasteiger partial charge in [0.15, 0.2) is 0 Å². The third-order valence-corrected chi connectivity index (χ3v) is 3.23. The van der Waals surface area contributed by atoms with E-state index in [0.717, 1.165) is 5.39 Å². The van der Waals surface area contributed by atoms with Gasteiger partial charge in [0.2, 0.25) is 0 Å². The lowest BCUT2D eigenvalue weighted by molar-refractivity contribution is -0.139. The third kappa shape index (κ3) is 3.66. The Labute approximate surface area is 129 Å². The Balaban J connectivity index is 2.29. The first-order valence-corrected chi connectivity index (χ1v) is 6.99. The minimum absolute atomic E-state index is 0.110. The lowest BCUT2D eigenvalue weighted by Gasteiger charge is -2.14. The number of carbonyl (C=O) groups is 2. The van der Waals surface area contributed by atoms with Crippen LogP contribution in [-0.4, -0.2) is 28.0 Å². The van der Waals surface area contributed by atoms with Crippen LogP contribution in [0.25, 0.3) is 10.9 Å². The van der Waals surface area contributed by atoms with Gasteiger partial charge in [0.1, 0.15) is 6.04 Å². The highest BCUT2D eigenvalue weighted by atomic mass is 79.9. The van der Waals surface area contributed by atoms with Gasteiger partial charge in [0.25, 0.3) is 5.91 Å². The zero-order valence-corrected chi connectivity index (χ0v) is 12.6. The molecule has 0 saturated heterocycles. The summed E-state index contributed by atoms with van der Waals surface area (Å²) >= 11 is 3.11. The van der Waals surface area contributed by atoms with E-state index in [-0.39, 0.29) is 6.42 Å². The normalized spacial score (nSPS) is 11.9. The van der Waals surface area contributed by atoms with Crippen molar-refractivity contribution < 1.29 is 14.7 Å². The number of fused-ring (bicyclic) bond motifs is 1. The summed E-state index contributed by atoms with van der Waals surface area (Å²) in [4.78, 5) is 27.6. The van der Waals surface area contributed by atoms with E-state index in [1.54, 1.807) is 24.4 Å². The molecule has 2 aromatic rings. The molecule has 1 heterocycles. The lowest BCUT2D eigenvalue weighted by atomic mass is 10.1. The number of aromatic nitrogens is 1. The van der Waals surface area contributed by atoms with Gasteiger partial charge in [-0.15, -0.1) is 0 Å². The summed E-state index contributed by atoms with van der Waals surface area (Å²) in [6, 6.07) is 7.77. The number of carboxylic acid groups (broad SMARTS) is 1. The van der Waals surface area contributed by atoms with Crippen LogP contribution in [0.5, 0.6) is 0 Å². The molecule has 108 valence electrons. The molecule has 0 bridgehead atoms. The number of rotatable bonds is 5. The van der Waals surface area contributed by atoms with Crippen molar-refractivity contribution in [3.8, 4) is 0 Å². The van der Waals surface area contributed by atoms with E-state index in [4.69, 9.17) is 5.11 Å². The maximum atomic E-state index is 12.3. The largest absolute Gasteiger partial charge is 0.480 e. The Hall–Kier alpha value is -2.21. The summed E-state index contributed by atoms with van der Waals surface area (Å²) in [7, 11) is 0. The Morgan fingerprint density at radius 2 is 2.05 bits per heavy atom. The molecule has 0 aliphatic carbocycles. The van der Waals surface area contributed by atoms with Crippen molar-refractivity contribution in [3.05, 3.63) is 53.2 Å². The van der Waals surface area contributed by atoms with Crippen molar-refractivity contribution in [1.82, 2.24) is 10.3 Å². The second-order valence-electron chi connectivity index (χ2n) is 4.47. The number of benzene rings is 1. The number of aliphatic carboxylic acids is 1. The van der Waals surface area contributed by atoms with Gasteiger partial charge in [-0.3, -0.25) is 9.78 Å². The van der Waals surface area contributed by atoms with Crippen LogP contribution in [0.2, 0.25) is 0 Å². The number of hydrogen-bond donors (Lipinski definition) is 2. The number of carbonyl (C=O) groups excluding carboxylic acids is 1. The molecule has 0 fully saturated rings. The average Bonchev–Trinajstić information content (AvgIpc) is 2.45. The van der Waals surface area contributed by atoms with Crippen LogP contribution in [-0.2, 0) is 4.79 Å². The van der Waals surface area contributed by atoms with E-state index in [0.29, 0.717) is 15.6 Å². The zero-order chi connectivity index (χ0) is 15.4. The van der Waals surface area contributed by atoms with Crippen LogP contribution in [0.1, 0.15) is 16.8 Å². The highest BCUT2D eigenvalue weighted by Crippen LogP contribution is 2.17. The molecule has 1 amide bonds. The molecular formula is C15H13BrN2O3. The van der Waals surface area contributed by atoms with Crippen molar-refractivity contribution in [2.45, 2.75) is 12.5 Å². The monoisotopic (exact) mass is 348 g/mol. The van der Waals surface area contributed by atoms with Gasteiger partial charge in [0.05, 0.1) is 11.1 Å². The molecule has 1 atom stereocenters. The van der Waals surface area contributed by atoms with Crippen LogP contribution in [0.4, 0.5) is 0 Å². The van der Waals surface area contributed by atoms with Gasteiger partial charge in [0, 0.05) is 18.0 Å². The van der Waals surface area contributed by atoms with Crippen molar-refractivity contribution in [1.29, 1.82) is 0 Å². The molecule has 1 aromatic heterocycles. The molecular weight excluding hydrogens is 336 g/mol. The smallest absolute Gasteiger partial charge is 0.326 e. The Morgan fingerprint density at radius 1 is 1.33 bits per heavy atom. The Kier molecular flexibility index (Phi) is 4.70. The maximum absolute atomic E-state index is 12.3. The second kappa shape index (κ2) is 6.49. The standard InChI is InChI=1S/C15H13BrN2O3/c1-9(16)8-12(15(20)21)18-14(19)11-6-2-4-10-5-3-7-17-13(10)11/h2-7,12H,1,8H2,(H,18,19)(H,20,21)/t12-/m1/s1. The summed E-state index contributed by atoms with van der Waals surface area (Å²) in [5.41, 5.74) is 0.888. The Bertz CT molecular complexity index is 710. The molecule has 5 nitrogen and oxygen atoms in total. The highest BCUT2D eigenvalue weighted by Gasteiger charge is 2.22. The molecule has 6 heteroatoms. The van der Waals surface area contributed by atoms with Crippen LogP contribution in [0.15, 0.2) is 47.6 Å². The number of para-hydroxylation sites is 1. The SMILES string of the molecule is C=C(Br)C[C@@H](NC(=O)c1cccc2cccnc12)C(=O)O. The first-order valence-electron chi connectivity index (χ1n) is 6.19. The molecule has 0 aliphatic heterocycles. The Morgan fingerprint density at radius 3 is 2.71 bits per heavy atom. The molecule has 0 radical (unpaired) electrons. The van der Waals surface area contributed by atoms with Gasteiger partial charge in [-0.2, -0.15) is 0 Å². The third-order valence-electron chi connectivity index (χ3n) is 2.91. The van der Waals surface area contributed by atoms with E-state index >= 15 is 0 Å². The first-order chi connectivity index (χ1) is 9.99.